The molecule has 0 spiro atoms. The SMILES string of the molecule is Cc1ccc([N+](=O)[O-])c(N2CCC(N)C(C)C2)c1. The monoisotopic (exact) mass is 249 g/mol. The summed E-state index contributed by atoms with van der Waals surface area (Å²) in [4.78, 5) is 12.8. The Hall–Kier alpha value is -1.62. The van der Waals surface area contributed by atoms with Gasteiger partial charge in [-0.15, -0.1) is 0 Å². The molecule has 1 aromatic carbocycles. The number of nitrogens with zero attached hydrogens (tertiary/aromatic N) is 2. The molecule has 98 valence electrons. The average molecular weight is 249 g/mol. The summed E-state index contributed by atoms with van der Waals surface area (Å²) in [7, 11) is 0. The highest BCUT2D eigenvalue weighted by Gasteiger charge is 2.27. The van der Waals surface area contributed by atoms with Gasteiger partial charge in [-0.2, -0.15) is 0 Å². The van der Waals surface area contributed by atoms with Gasteiger partial charge in [0.05, 0.1) is 4.92 Å². The molecule has 2 atom stereocenters. The summed E-state index contributed by atoms with van der Waals surface area (Å²) < 4.78 is 0. The number of aryl methyl sites for hydroxylation is 1. The highest BCUT2D eigenvalue weighted by Crippen LogP contribution is 2.32. The fraction of sp³-hybridized carbons (Fsp3) is 0.538. The maximum absolute atomic E-state index is 11.1. The first-order valence-electron chi connectivity index (χ1n) is 6.24. The topological polar surface area (TPSA) is 72.4 Å². The largest absolute Gasteiger partial charge is 0.366 e. The minimum Gasteiger partial charge on any atom is -0.366 e. The predicted molar refractivity (Wildman–Crippen MR) is 71.8 cm³/mol. The lowest BCUT2D eigenvalue weighted by atomic mass is 9.94. The molecule has 1 aromatic rings. The zero-order valence-electron chi connectivity index (χ0n) is 10.8. The highest BCUT2D eigenvalue weighted by atomic mass is 16.6. The summed E-state index contributed by atoms with van der Waals surface area (Å²) in [5.41, 5.74) is 7.93. The van der Waals surface area contributed by atoms with Crippen molar-refractivity contribution in [3.63, 3.8) is 0 Å². The first-order chi connectivity index (χ1) is 8.49. The lowest BCUT2D eigenvalue weighted by Crippen LogP contribution is -2.46. The Balaban J connectivity index is 2.32. The van der Waals surface area contributed by atoms with Gasteiger partial charge in [0, 0.05) is 25.2 Å². The third kappa shape index (κ3) is 2.46. The Morgan fingerprint density at radius 3 is 2.83 bits per heavy atom. The summed E-state index contributed by atoms with van der Waals surface area (Å²) in [5, 5.41) is 11.1. The molecule has 1 aliphatic heterocycles. The van der Waals surface area contributed by atoms with Gasteiger partial charge < -0.3 is 10.6 Å². The second kappa shape index (κ2) is 4.94. The van der Waals surface area contributed by atoms with E-state index in [1.807, 2.05) is 13.0 Å². The van der Waals surface area contributed by atoms with Gasteiger partial charge in [0.1, 0.15) is 5.69 Å². The number of hydrogen-bond donors (Lipinski definition) is 1. The smallest absolute Gasteiger partial charge is 0.292 e. The van der Waals surface area contributed by atoms with Gasteiger partial charge in [-0.1, -0.05) is 13.0 Å². The van der Waals surface area contributed by atoms with E-state index >= 15 is 0 Å². The van der Waals surface area contributed by atoms with Crippen molar-refractivity contribution >= 4 is 11.4 Å². The summed E-state index contributed by atoms with van der Waals surface area (Å²) in [6, 6.07) is 5.46. The van der Waals surface area contributed by atoms with Crippen LogP contribution in [0.3, 0.4) is 0 Å². The van der Waals surface area contributed by atoms with Crippen LogP contribution in [0, 0.1) is 23.0 Å². The van der Waals surface area contributed by atoms with Crippen LogP contribution >= 0.6 is 0 Å². The van der Waals surface area contributed by atoms with E-state index in [1.54, 1.807) is 12.1 Å². The van der Waals surface area contributed by atoms with Crippen molar-refractivity contribution in [2.24, 2.45) is 11.7 Å². The van der Waals surface area contributed by atoms with Crippen LogP contribution in [0.15, 0.2) is 18.2 Å². The molecule has 0 saturated carbocycles. The van der Waals surface area contributed by atoms with Crippen molar-refractivity contribution < 1.29 is 4.92 Å². The number of anilines is 1. The molecule has 1 fully saturated rings. The molecule has 5 heteroatoms. The van der Waals surface area contributed by atoms with Crippen LogP contribution in [0.2, 0.25) is 0 Å². The standard InChI is InChI=1S/C13H19N3O2/c1-9-3-4-12(16(17)18)13(7-9)15-6-5-11(14)10(2)8-15/h3-4,7,10-11H,5-6,8,14H2,1-2H3. The molecule has 2 unspecified atom stereocenters. The van der Waals surface area contributed by atoms with Crippen molar-refractivity contribution in [1.82, 2.24) is 0 Å². The van der Waals surface area contributed by atoms with E-state index in [-0.39, 0.29) is 16.7 Å². The lowest BCUT2D eigenvalue weighted by Gasteiger charge is -2.36. The van der Waals surface area contributed by atoms with Crippen molar-refractivity contribution in [3.8, 4) is 0 Å². The number of nitro groups is 1. The van der Waals surface area contributed by atoms with Gasteiger partial charge in [-0.3, -0.25) is 10.1 Å². The number of benzene rings is 1. The van der Waals surface area contributed by atoms with Gasteiger partial charge in [0.2, 0.25) is 0 Å². The number of nitro benzene ring substituents is 1. The van der Waals surface area contributed by atoms with Crippen LogP contribution in [0.25, 0.3) is 0 Å². The third-order valence-electron chi connectivity index (χ3n) is 3.64. The highest BCUT2D eigenvalue weighted by molar-refractivity contribution is 5.64. The number of rotatable bonds is 2. The van der Waals surface area contributed by atoms with E-state index in [0.717, 1.165) is 30.8 Å². The molecule has 0 aromatic heterocycles. The predicted octanol–water partition coefficient (Wildman–Crippen LogP) is 2.08. The Morgan fingerprint density at radius 1 is 1.50 bits per heavy atom. The Kier molecular flexibility index (Phi) is 3.52. The number of piperidine rings is 1. The van der Waals surface area contributed by atoms with Crippen molar-refractivity contribution in [3.05, 3.63) is 33.9 Å². The maximum atomic E-state index is 11.1. The summed E-state index contributed by atoms with van der Waals surface area (Å²) >= 11 is 0. The van der Waals surface area contributed by atoms with E-state index in [2.05, 4.69) is 11.8 Å². The molecular weight excluding hydrogens is 230 g/mol. The Bertz CT molecular complexity index is 462. The molecular formula is C13H19N3O2. The first-order valence-corrected chi connectivity index (χ1v) is 6.24. The van der Waals surface area contributed by atoms with Crippen molar-refractivity contribution in [1.29, 1.82) is 0 Å². The van der Waals surface area contributed by atoms with E-state index in [4.69, 9.17) is 5.73 Å². The fourth-order valence-electron chi connectivity index (χ4n) is 2.42. The average Bonchev–Trinajstić information content (AvgIpc) is 2.32. The normalized spacial score (nSPS) is 24.1. The molecule has 1 heterocycles. The van der Waals surface area contributed by atoms with Gasteiger partial charge in [0.15, 0.2) is 0 Å². The molecule has 1 aliphatic rings. The fourth-order valence-corrected chi connectivity index (χ4v) is 2.42. The second-order valence-electron chi connectivity index (χ2n) is 5.13. The second-order valence-corrected chi connectivity index (χ2v) is 5.13. The van der Waals surface area contributed by atoms with E-state index in [9.17, 15) is 10.1 Å². The third-order valence-corrected chi connectivity index (χ3v) is 3.64. The van der Waals surface area contributed by atoms with E-state index in [1.165, 1.54) is 0 Å². The van der Waals surface area contributed by atoms with Crippen molar-refractivity contribution in [2.75, 3.05) is 18.0 Å². The lowest BCUT2D eigenvalue weighted by molar-refractivity contribution is -0.384. The Morgan fingerprint density at radius 2 is 2.22 bits per heavy atom. The van der Waals surface area contributed by atoms with Crippen LogP contribution in [0.1, 0.15) is 18.9 Å². The molecule has 0 bridgehead atoms. The maximum Gasteiger partial charge on any atom is 0.292 e. The van der Waals surface area contributed by atoms with Gasteiger partial charge in [0.25, 0.3) is 5.69 Å². The minimum atomic E-state index is -0.312. The first kappa shape index (κ1) is 12.8. The molecule has 2 rings (SSSR count). The summed E-state index contributed by atoms with van der Waals surface area (Å²) in [5.74, 6) is 0.360. The van der Waals surface area contributed by atoms with Crippen molar-refractivity contribution in [2.45, 2.75) is 26.3 Å². The minimum absolute atomic E-state index is 0.184. The van der Waals surface area contributed by atoms with E-state index in [0.29, 0.717) is 5.92 Å². The van der Waals surface area contributed by atoms with Gasteiger partial charge in [-0.25, -0.2) is 0 Å². The summed E-state index contributed by atoms with van der Waals surface area (Å²) in [6.07, 6.45) is 0.881. The van der Waals surface area contributed by atoms with Crippen LogP contribution in [-0.4, -0.2) is 24.1 Å². The summed E-state index contributed by atoms with van der Waals surface area (Å²) in [6.45, 7) is 5.62. The Labute approximate surface area is 107 Å². The van der Waals surface area contributed by atoms with E-state index < -0.39 is 0 Å². The molecule has 1 saturated heterocycles. The zero-order chi connectivity index (χ0) is 13.3. The molecule has 18 heavy (non-hydrogen) atoms. The zero-order valence-corrected chi connectivity index (χ0v) is 10.8. The molecule has 0 aliphatic carbocycles. The molecule has 0 amide bonds. The van der Waals surface area contributed by atoms with Crippen LogP contribution < -0.4 is 10.6 Å². The number of nitrogens with two attached hydrogens (primary N) is 1. The number of hydrogen-bond acceptors (Lipinski definition) is 4. The van der Waals surface area contributed by atoms with Crippen LogP contribution in [-0.2, 0) is 0 Å². The molecule has 5 nitrogen and oxygen atoms in total. The van der Waals surface area contributed by atoms with Crippen LogP contribution in [0.4, 0.5) is 11.4 Å². The van der Waals surface area contributed by atoms with Crippen LogP contribution in [0.5, 0.6) is 0 Å². The van der Waals surface area contributed by atoms with Gasteiger partial charge in [-0.05, 0) is 30.9 Å². The van der Waals surface area contributed by atoms with Gasteiger partial charge >= 0.3 is 0 Å². The molecule has 2 N–H and O–H groups in total. The molecule has 0 radical (unpaired) electrons. The quantitative estimate of drug-likeness (QED) is 0.643.